The zero-order valence-electron chi connectivity index (χ0n) is 20.7. The zero-order valence-corrected chi connectivity index (χ0v) is 23.0. The van der Waals surface area contributed by atoms with E-state index < -0.39 is 12.0 Å². The molecule has 0 radical (unpaired) electrons. The summed E-state index contributed by atoms with van der Waals surface area (Å²) in [6.45, 7) is 3.66. The Morgan fingerprint density at radius 2 is 1.97 bits per heavy atom. The Morgan fingerprint density at radius 3 is 2.71 bits per heavy atom. The molecular weight excluding hydrogens is 547 g/mol. The van der Waals surface area contributed by atoms with Crippen molar-refractivity contribution in [1.29, 1.82) is 0 Å². The van der Waals surface area contributed by atoms with E-state index in [4.69, 9.17) is 37.1 Å². The van der Waals surface area contributed by atoms with Crippen LogP contribution in [0.1, 0.15) is 31.2 Å². The Labute approximate surface area is 231 Å². The van der Waals surface area contributed by atoms with Gasteiger partial charge in [0.1, 0.15) is 23.3 Å². The van der Waals surface area contributed by atoms with Crippen LogP contribution in [0, 0.1) is 0 Å². The normalized spacial score (nSPS) is 15.3. The molecule has 38 heavy (non-hydrogen) atoms. The van der Waals surface area contributed by atoms with Gasteiger partial charge < -0.3 is 13.9 Å². The van der Waals surface area contributed by atoms with E-state index in [0.717, 1.165) is 0 Å². The molecule has 1 aliphatic heterocycles. The topological polar surface area (TPSA) is 83.0 Å². The second-order valence-corrected chi connectivity index (χ2v) is 10.2. The summed E-state index contributed by atoms with van der Waals surface area (Å²) in [7, 11) is 1.55. The van der Waals surface area contributed by atoms with Crippen LogP contribution in [-0.2, 0) is 9.53 Å². The van der Waals surface area contributed by atoms with Gasteiger partial charge in [-0.2, -0.15) is 0 Å². The van der Waals surface area contributed by atoms with Gasteiger partial charge in [-0.1, -0.05) is 52.7 Å². The summed E-state index contributed by atoms with van der Waals surface area (Å²) in [5.41, 5.74) is 1.78. The van der Waals surface area contributed by atoms with Gasteiger partial charge in [-0.25, -0.2) is 9.79 Å². The minimum absolute atomic E-state index is 0.192. The largest absolute Gasteiger partial charge is 0.496 e. The molecular formula is C28H22Cl2N2O5S. The summed E-state index contributed by atoms with van der Waals surface area (Å²) in [6, 6.07) is 15.2. The van der Waals surface area contributed by atoms with E-state index in [1.807, 2.05) is 18.2 Å². The molecule has 0 spiro atoms. The van der Waals surface area contributed by atoms with Crippen molar-refractivity contribution < 1.29 is 18.7 Å². The van der Waals surface area contributed by atoms with E-state index in [1.54, 1.807) is 63.4 Å². The fourth-order valence-electron chi connectivity index (χ4n) is 4.37. The van der Waals surface area contributed by atoms with Crippen molar-refractivity contribution in [1.82, 2.24) is 4.57 Å². The van der Waals surface area contributed by atoms with E-state index in [-0.39, 0.29) is 17.7 Å². The summed E-state index contributed by atoms with van der Waals surface area (Å²) >= 11 is 13.5. The first-order valence-electron chi connectivity index (χ1n) is 11.7. The van der Waals surface area contributed by atoms with Crippen molar-refractivity contribution in [3.8, 4) is 17.1 Å². The van der Waals surface area contributed by atoms with Crippen LogP contribution in [-0.4, -0.2) is 24.3 Å². The van der Waals surface area contributed by atoms with Crippen molar-refractivity contribution in [2.24, 2.45) is 4.99 Å². The first kappa shape index (κ1) is 26.0. The van der Waals surface area contributed by atoms with Crippen LogP contribution < -0.4 is 19.6 Å². The SMILES string of the molecule is CCOC(=O)C1=C(C)N=c2s/c(=C\c3ccc(-c4ccc(Cl)cc4Cl)o3)c(=O)n2C1c1ccccc1OC. The number of para-hydroxylation sites is 1. The number of furan rings is 1. The van der Waals surface area contributed by atoms with E-state index in [2.05, 4.69) is 4.99 Å². The molecule has 3 heterocycles. The van der Waals surface area contributed by atoms with Crippen LogP contribution in [0.3, 0.4) is 0 Å². The van der Waals surface area contributed by atoms with Gasteiger partial charge in [-0.3, -0.25) is 9.36 Å². The molecule has 194 valence electrons. The van der Waals surface area contributed by atoms with E-state index in [0.29, 0.717) is 53.5 Å². The van der Waals surface area contributed by atoms with Crippen LogP contribution in [0.2, 0.25) is 10.0 Å². The maximum Gasteiger partial charge on any atom is 0.338 e. The van der Waals surface area contributed by atoms with Crippen LogP contribution in [0.25, 0.3) is 17.4 Å². The fraction of sp³-hybridized carbons (Fsp3) is 0.179. The minimum Gasteiger partial charge on any atom is -0.496 e. The van der Waals surface area contributed by atoms with E-state index in [1.165, 1.54) is 15.9 Å². The highest BCUT2D eigenvalue weighted by Gasteiger charge is 2.35. The van der Waals surface area contributed by atoms with Gasteiger partial charge in [-0.05, 0) is 50.2 Å². The highest BCUT2D eigenvalue weighted by atomic mass is 35.5. The first-order chi connectivity index (χ1) is 18.3. The van der Waals surface area contributed by atoms with Crippen molar-refractivity contribution in [2.45, 2.75) is 19.9 Å². The molecule has 0 bridgehead atoms. The number of hydrogen-bond donors (Lipinski definition) is 0. The third-order valence-corrected chi connectivity index (χ3v) is 7.58. The molecule has 1 aliphatic rings. The molecule has 1 unspecified atom stereocenters. The zero-order chi connectivity index (χ0) is 27.0. The number of methoxy groups -OCH3 is 1. The smallest absolute Gasteiger partial charge is 0.338 e. The number of hydrogen-bond acceptors (Lipinski definition) is 7. The molecule has 0 N–H and O–H groups in total. The van der Waals surface area contributed by atoms with Gasteiger partial charge in [0.2, 0.25) is 0 Å². The fourth-order valence-corrected chi connectivity index (χ4v) is 5.90. The molecule has 10 heteroatoms. The summed E-state index contributed by atoms with van der Waals surface area (Å²) in [6.07, 6.45) is 1.65. The van der Waals surface area contributed by atoms with Crippen LogP contribution >= 0.6 is 34.5 Å². The first-order valence-corrected chi connectivity index (χ1v) is 13.3. The van der Waals surface area contributed by atoms with Gasteiger partial charge in [0, 0.05) is 22.2 Å². The number of ether oxygens (including phenoxy) is 2. The van der Waals surface area contributed by atoms with E-state index in [9.17, 15) is 9.59 Å². The van der Waals surface area contributed by atoms with Crippen molar-refractivity contribution >= 4 is 46.6 Å². The van der Waals surface area contributed by atoms with Gasteiger partial charge in [0.15, 0.2) is 4.80 Å². The minimum atomic E-state index is -0.774. The number of benzene rings is 2. The highest BCUT2D eigenvalue weighted by molar-refractivity contribution is 7.07. The summed E-state index contributed by atoms with van der Waals surface area (Å²) < 4.78 is 18.8. The average molecular weight is 569 g/mol. The van der Waals surface area contributed by atoms with Gasteiger partial charge >= 0.3 is 5.97 Å². The number of nitrogens with zero attached hydrogens (tertiary/aromatic N) is 2. The summed E-state index contributed by atoms with van der Waals surface area (Å²) in [5, 5.41) is 0.977. The Balaban J connectivity index is 1.66. The molecule has 4 aromatic rings. The third kappa shape index (κ3) is 4.71. The molecule has 0 saturated heterocycles. The number of carbonyl (C=O) groups excluding carboxylic acids is 1. The number of rotatable bonds is 6. The van der Waals surface area contributed by atoms with Crippen LogP contribution in [0.5, 0.6) is 5.75 Å². The number of thiazole rings is 1. The Bertz CT molecular complexity index is 1770. The average Bonchev–Trinajstić information content (AvgIpc) is 3.47. The second kappa shape index (κ2) is 10.6. The number of carbonyl (C=O) groups is 1. The second-order valence-electron chi connectivity index (χ2n) is 8.37. The van der Waals surface area contributed by atoms with Crippen molar-refractivity contribution in [2.75, 3.05) is 13.7 Å². The molecule has 0 amide bonds. The summed E-state index contributed by atoms with van der Waals surface area (Å²) in [5.74, 6) is 1.01. The number of allylic oxidation sites excluding steroid dienone is 1. The van der Waals surface area contributed by atoms with Crippen molar-refractivity contribution in [3.63, 3.8) is 0 Å². The lowest BCUT2D eigenvalue weighted by atomic mass is 9.95. The maximum absolute atomic E-state index is 13.8. The Hall–Kier alpha value is -3.59. The maximum atomic E-state index is 13.8. The Morgan fingerprint density at radius 1 is 1.18 bits per heavy atom. The monoisotopic (exact) mass is 568 g/mol. The number of halogens is 2. The predicted octanol–water partition coefficient (Wildman–Crippen LogP) is 5.37. The van der Waals surface area contributed by atoms with Gasteiger partial charge in [0.05, 0.1) is 34.5 Å². The third-order valence-electron chi connectivity index (χ3n) is 6.05. The lowest BCUT2D eigenvalue weighted by Crippen LogP contribution is -2.40. The molecule has 1 atom stereocenters. The summed E-state index contributed by atoms with van der Waals surface area (Å²) in [4.78, 5) is 31.9. The molecule has 5 rings (SSSR count). The molecule has 0 saturated carbocycles. The lowest BCUT2D eigenvalue weighted by molar-refractivity contribution is -0.139. The highest BCUT2D eigenvalue weighted by Crippen LogP contribution is 2.36. The molecule has 7 nitrogen and oxygen atoms in total. The number of aromatic nitrogens is 1. The number of esters is 1. The molecule has 2 aromatic heterocycles. The quantitative estimate of drug-likeness (QED) is 0.292. The standard InChI is InChI=1S/C28H22Cl2N2O5S/c1-4-36-27(34)24-15(2)31-28-32(25(24)19-7-5-6-8-21(19)35-3)26(33)23(38-28)14-17-10-12-22(37-17)18-11-9-16(29)13-20(18)30/h5-14,25H,4H2,1-3H3/b23-14-. The van der Waals surface area contributed by atoms with Crippen LogP contribution in [0.15, 0.2) is 80.1 Å². The van der Waals surface area contributed by atoms with Gasteiger partial charge in [0.25, 0.3) is 5.56 Å². The predicted molar refractivity (Wildman–Crippen MR) is 148 cm³/mol. The molecule has 0 aliphatic carbocycles. The lowest BCUT2D eigenvalue weighted by Gasteiger charge is -2.25. The van der Waals surface area contributed by atoms with Crippen molar-refractivity contribution in [3.05, 3.63) is 107 Å². The Kier molecular flexibility index (Phi) is 7.29. The van der Waals surface area contributed by atoms with Crippen LogP contribution in [0.4, 0.5) is 0 Å². The molecule has 2 aromatic carbocycles. The molecule has 0 fully saturated rings. The van der Waals surface area contributed by atoms with Gasteiger partial charge in [-0.15, -0.1) is 0 Å². The van der Waals surface area contributed by atoms with E-state index >= 15 is 0 Å². The number of fused-ring (bicyclic) bond motifs is 1.